The molecule has 1 aliphatic carbocycles. The number of hydrogen-bond acceptors (Lipinski definition) is 0. The number of rotatable bonds is 0. The molecule has 1 unspecified atom stereocenters. The molecule has 62 valence electrons. The topological polar surface area (TPSA) is 0 Å². The van der Waals surface area contributed by atoms with Crippen LogP contribution in [0.25, 0.3) is 0 Å². The molecule has 0 nitrogen and oxygen atoms in total. The summed E-state index contributed by atoms with van der Waals surface area (Å²) in [6.45, 7) is 9.12. The Labute approximate surface area is 70.0 Å². The summed E-state index contributed by atoms with van der Waals surface area (Å²) < 4.78 is 0. The van der Waals surface area contributed by atoms with E-state index in [9.17, 15) is 0 Å². The average molecular weight is 150 g/mol. The maximum absolute atomic E-state index is 2.28. The Hall–Kier alpha value is -0.520. The maximum atomic E-state index is 2.28. The van der Waals surface area contributed by atoms with Crippen LogP contribution in [0.5, 0.6) is 0 Å². The third-order valence-corrected chi connectivity index (χ3v) is 2.24. The van der Waals surface area contributed by atoms with E-state index < -0.39 is 0 Å². The Morgan fingerprint density at radius 2 is 2.00 bits per heavy atom. The van der Waals surface area contributed by atoms with Crippen molar-refractivity contribution >= 4 is 0 Å². The van der Waals surface area contributed by atoms with Crippen molar-refractivity contribution in [2.45, 2.75) is 34.1 Å². The molecule has 1 rings (SSSR count). The molecule has 0 amide bonds. The second-order valence-corrected chi connectivity index (χ2v) is 4.51. The minimum atomic E-state index is 0.360. The summed E-state index contributed by atoms with van der Waals surface area (Å²) in [4.78, 5) is 0. The van der Waals surface area contributed by atoms with Crippen LogP contribution in [-0.4, -0.2) is 0 Å². The fourth-order valence-corrected chi connectivity index (χ4v) is 1.40. The molecule has 0 bridgehead atoms. The first-order valence-corrected chi connectivity index (χ1v) is 4.38. The standard InChI is InChI=1S/C11H18/c1-9-6-5-7-10(8-9)11(2,3)4/h5-7,9H,8H2,1-4H3. The normalized spacial score (nSPS) is 25.1. The third kappa shape index (κ3) is 2.21. The molecule has 0 fully saturated rings. The van der Waals surface area contributed by atoms with Gasteiger partial charge < -0.3 is 0 Å². The van der Waals surface area contributed by atoms with Crippen molar-refractivity contribution in [2.24, 2.45) is 11.3 Å². The Kier molecular flexibility index (Phi) is 2.22. The Morgan fingerprint density at radius 3 is 2.36 bits per heavy atom. The van der Waals surface area contributed by atoms with Gasteiger partial charge in [-0.3, -0.25) is 0 Å². The van der Waals surface area contributed by atoms with E-state index in [-0.39, 0.29) is 0 Å². The molecular weight excluding hydrogens is 132 g/mol. The predicted octanol–water partition coefficient (Wildman–Crippen LogP) is 3.55. The summed E-state index contributed by atoms with van der Waals surface area (Å²) in [5, 5.41) is 0. The second kappa shape index (κ2) is 2.84. The van der Waals surface area contributed by atoms with E-state index in [0.29, 0.717) is 5.41 Å². The smallest absolute Gasteiger partial charge is 0.0170 e. The zero-order chi connectivity index (χ0) is 8.48. The van der Waals surface area contributed by atoms with Crippen LogP contribution < -0.4 is 0 Å². The Bertz CT molecular complexity index is 189. The molecule has 0 heteroatoms. The molecule has 0 saturated carbocycles. The molecule has 0 saturated heterocycles. The van der Waals surface area contributed by atoms with Crippen molar-refractivity contribution < 1.29 is 0 Å². The van der Waals surface area contributed by atoms with Gasteiger partial charge in [-0.05, 0) is 17.8 Å². The lowest BCUT2D eigenvalue weighted by Gasteiger charge is -2.26. The van der Waals surface area contributed by atoms with Crippen molar-refractivity contribution in [1.82, 2.24) is 0 Å². The summed E-state index contributed by atoms with van der Waals surface area (Å²) in [5.41, 5.74) is 1.94. The van der Waals surface area contributed by atoms with E-state index in [4.69, 9.17) is 0 Å². The third-order valence-electron chi connectivity index (χ3n) is 2.24. The second-order valence-electron chi connectivity index (χ2n) is 4.51. The fourth-order valence-electron chi connectivity index (χ4n) is 1.40. The lowest BCUT2D eigenvalue weighted by molar-refractivity contribution is 0.461. The van der Waals surface area contributed by atoms with Gasteiger partial charge in [0.1, 0.15) is 0 Å². The van der Waals surface area contributed by atoms with E-state index in [0.717, 1.165) is 5.92 Å². The van der Waals surface area contributed by atoms with Crippen LogP contribution in [0.15, 0.2) is 23.8 Å². The molecule has 1 aliphatic rings. The quantitative estimate of drug-likeness (QED) is 0.495. The molecule has 0 N–H and O–H groups in total. The van der Waals surface area contributed by atoms with Gasteiger partial charge in [0.25, 0.3) is 0 Å². The highest BCUT2D eigenvalue weighted by Gasteiger charge is 2.19. The van der Waals surface area contributed by atoms with Crippen LogP contribution in [0, 0.1) is 11.3 Å². The zero-order valence-electron chi connectivity index (χ0n) is 8.02. The summed E-state index contributed by atoms with van der Waals surface area (Å²) in [6, 6.07) is 0. The summed E-state index contributed by atoms with van der Waals surface area (Å²) >= 11 is 0. The highest BCUT2D eigenvalue weighted by Crippen LogP contribution is 2.32. The molecule has 0 aromatic rings. The molecule has 1 atom stereocenters. The minimum absolute atomic E-state index is 0.360. The van der Waals surface area contributed by atoms with Gasteiger partial charge in [0.15, 0.2) is 0 Å². The van der Waals surface area contributed by atoms with Crippen LogP contribution in [0.3, 0.4) is 0 Å². The van der Waals surface area contributed by atoms with E-state index in [1.807, 2.05) is 0 Å². The van der Waals surface area contributed by atoms with E-state index in [2.05, 4.69) is 45.9 Å². The van der Waals surface area contributed by atoms with Gasteiger partial charge in [0, 0.05) is 0 Å². The van der Waals surface area contributed by atoms with Gasteiger partial charge >= 0.3 is 0 Å². The summed E-state index contributed by atoms with van der Waals surface area (Å²) in [5.74, 6) is 0.731. The highest BCUT2D eigenvalue weighted by atomic mass is 14.2. The van der Waals surface area contributed by atoms with Gasteiger partial charge in [-0.1, -0.05) is 51.5 Å². The number of allylic oxidation sites excluding steroid dienone is 4. The first-order chi connectivity index (χ1) is 5.00. The van der Waals surface area contributed by atoms with Gasteiger partial charge in [-0.2, -0.15) is 0 Å². The molecule has 0 radical (unpaired) electrons. The molecule has 0 aromatic heterocycles. The summed E-state index contributed by atoms with van der Waals surface area (Å²) in [6.07, 6.45) is 7.96. The highest BCUT2D eigenvalue weighted by molar-refractivity contribution is 5.23. The molecule has 11 heavy (non-hydrogen) atoms. The van der Waals surface area contributed by atoms with E-state index in [1.165, 1.54) is 6.42 Å². The summed E-state index contributed by atoms with van der Waals surface area (Å²) in [7, 11) is 0. The van der Waals surface area contributed by atoms with Crippen molar-refractivity contribution in [3.63, 3.8) is 0 Å². The number of hydrogen-bond donors (Lipinski definition) is 0. The lowest BCUT2D eigenvalue weighted by Crippen LogP contribution is -2.13. The Balaban J connectivity index is 2.75. The van der Waals surface area contributed by atoms with Gasteiger partial charge in [-0.15, -0.1) is 0 Å². The van der Waals surface area contributed by atoms with Gasteiger partial charge in [0.2, 0.25) is 0 Å². The monoisotopic (exact) mass is 150 g/mol. The van der Waals surface area contributed by atoms with Crippen molar-refractivity contribution in [3.8, 4) is 0 Å². The first-order valence-electron chi connectivity index (χ1n) is 4.38. The molecule has 0 heterocycles. The fraction of sp³-hybridized carbons (Fsp3) is 0.636. The van der Waals surface area contributed by atoms with Crippen LogP contribution >= 0.6 is 0 Å². The van der Waals surface area contributed by atoms with Crippen LogP contribution in [0.4, 0.5) is 0 Å². The van der Waals surface area contributed by atoms with Crippen molar-refractivity contribution in [2.75, 3.05) is 0 Å². The zero-order valence-corrected chi connectivity index (χ0v) is 8.02. The van der Waals surface area contributed by atoms with Crippen LogP contribution in [-0.2, 0) is 0 Å². The Morgan fingerprint density at radius 1 is 1.36 bits per heavy atom. The van der Waals surface area contributed by atoms with E-state index >= 15 is 0 Å². The largest absolute Gasteiger partial charge is 0.0814 e. The molecule has 0 aliphatic heterocycles. The SMILES string of the molecule is CC1C=CC=C(C(C)(C)C)C1. The van der Waals surface area contributed by atoms with Gasteiger partial charge in [0.05, 0.1) is 0 Å². The molecular formula is C11H18. The maximum Gasteiger partial charge on any atom is -0.0170 e. The average Bonchev–Trinajstić information content (AvgIpc) is 1.86. The molecule has 0 spiro atoms. The molecule has 0 aromatic carbocycles. The van der Waals surface area contributed by atoms with Crippen molar-refractivity contribution in [1.29, 1.82) is 0 Å². The lowest BCUT2D eigenvalue weighted by atomic mass is 9.79. The van der Waals surface area contributed by atoms with Crippen molar-refractivity contribution in [3.05, 3.63) is 23.8 Å². The first kappa shape index (κ1) is 8.58. The van der Waals surface area contributed by atoms with Crippen LogP contribution in [0.2, 0.25) is 0 Å². The van der Waals surface area contributed by atoms with E-state index in [1.54, 1.807) is 5.57 Å². The predicted molar refractivity (Wildman–Crippen MR) is 50.5 cm³/mol. The minimum Gasteiger partial charge on any atom is -0.0814 e. The van der Waals surface area contributed by atoms with Gasteiger partial charge in [-0.25, -0.2) is 0 Å². The van der Waals surface area contributed by atoms with Crippen LogP contribution in [0.1, 0.15) is 34.1 Å².